The van der Waals surface area contributed by atoms with Crippen LogP contribution in [0.15, 0.2) is 11.4 Å². The lowest BCUT2D eigenvalue weighted by molar-refractivity contribution is 0.282. The minimum absolute atomic E-state index is 0.142. The molecule has 0 fully saturated rings. The molecule has 1 rings (SSSR count). The zero-order valence-electron chi connectivity index (χ0n) is 5.19. The Labute approximate surface area is 62.7 Å². The zero-order chi connectivity index (χ0) is 7.56. The summed E-state index contributed by atoms with van der Waals surface area (Å²) in [6, 6.07) is 1.67. The summed E-state index contributed by atoms with van der Waals surface area (Å²) < 4.78 is 0.419. The maximum absolute atomic E-state index is 8.68. The summed E-state index contributed by atoms with van der Waals surface area (Å²) >= 11 is 1.22. The number of aliphatic hydroxyl groups is 1. The fraction of sp³-hybridized carbons (Fsp3) is 0.200. The standard InChI is InChI=1S/C5H7BO3S/c7-3-4-1-2-10-5(4)6(8)9/h1-2,7-9H,3H2. The molecule has 1 aromatic rings. The highest BCUT2D eigenvalue weighted by Crippen LogP contribution is 2.03. The Morgan fingerprint density at radius 1 is 1.50 bits per heavy atom. The average Bonchev–Trinajstić information content (AvgIpc) is 2.33. The van der Waals surface area contributed by atoms with Gasteiger partial charge in [-0.15, -0.1) is 0 Å². The highest BCUT2D eigenvalue weighted by atomic mass is 32.1. The van der Waals surface area contributed by atoms with E-state index < -0.39 is 7.12 Å². The quantitative estimate of drug-likeness (QED) is 0.479. The molecule has 10 heavy (non-hydrogen) atoms. The Hall–Kier alpha value is -0.355. The number of hydrogen-bond acceptors (Lipinski definition) is 4. The van der Waals surface area contributed by atoms with Gasteiger partial charge in [0.25, 0.3) is 0 Å². The van der Waals surface area contributed by atoms with Crippen molar-refractivity contribution in [1.29, 1.82) is 0 Å². The van der Waals surface area contributed by atoms with Gasteiger partial charge in [0.1, 0.15) is 0 Å². The van der Waals surface area contributed by atoms with Gasteiger partial charge in [-0.05, 0) is 17.0 Å². The first kappa shape index (κ1) is 7.75. The molecule has 5 heteroatoms. The second-order valence-electron chi connectivity index (χ2n) is 1.84. The van der Waals surface area contributed by atoms with Crippen LogP contribution in [0.3, 0.4) is 0 Å². The lowest BCUT2D eigenvalue weighted by Crippen LogP contribution is -2.29. The van der Waals surface area contributed by atoms with Gasteiger partial charge in [0.05, 0.1) is 6.61 Å². The Morgan fingerprint density at radius 2 is 2.20 bits per heavy atom. The number of thiophene rings is 1. The van der Waals surface area contributed by atoms with E-state index in [-0.39, 0.29) is 6.61 Å². The van der Waals surface area contributed by atoms with E-state index in [0.29, 0.717) is 10.3 Å². The van der Waals surface area contributed by atoms with E-state index in [1.165, 1.54) is 11.3 Å². The molecular formula is C5H7BO3S. The number of hydrogen-bond donors (Lipinski definition) is 3. The van der Waals surface area contributed by atoms with Crippen molar-refractivity contribution in [2.24, 2.45) is 0 Å². The van der Waals surface area contributed by atoms with Gasteiger partial charge < -0.3 is 15.2 Å². The molecule has 0 spiro atoms. The van der Waals surface area contributed by atoms with Crippen molar-refractivity contribution in [1.82, 2.24) is 0 Å². The van der Waals surface area contributed by atoms with E-state index in [4.69, 9.17) is 15.2 Å². The van der Waals surface area contributed by atoms with Gasteiger partial charge in [-0.3, -0.25) is 0 Å². The molecule has 0 amide bonds. The second-order valence-corrected chi connectivity index (χ2v) is 2.79. The molecule has 1 heterocycles. The highest BCUT2D eigenvalue weighted by molar-refractivity contribution is 7.20. The number of aliphatic hydroxyl groups excluding tert-OH is 1. The molecule has 3 nitrogen and oxygen atoms in total. The Bertz CT molecular complexity index is 210. The van der Waals surface area contributed by atoms with Crippen LogP contribution in [0.5, 0.6) is 0 Å². The summed E-state index contributed by atoms with van der Waals surface area (Å²) in [6.07, 6.45) is 0. The van der Waals surface area contributed by atoms with E-state index in [0.717, 1.165) is 0 Å². The van der Waals surface area contributed by atoms with Crippen molar-refractivity contribution >= 4 is 23.2 Å². The molecule has 0 unspecified atom stereocenters. The SMILES string of the molecule is OCc1ccsc1B(O)O. The van der Waals surface area contributed by atoms with E-state index in [2.05, 4.69) is 0 Å². The van der Waals surface area contributed by atoms with Crippen molar-refractivity contribution < 1.29 is 15.2 Å². The Kier molecular flexibility index (Phi) is 2.45. The maximum atomic E-state index is 8.68. The van der Waals surface area contributed by atoms with E-state index >= 15 is 0 Å². The third kappa shape index (κ3) is 1.38. The predicted molar refractivity (Wildman–Crippen MR) is 40.1 cm³/mol. The van der Waals surface area contributed by atoms with Crippen molar-refractivity contribution in [2.75, 3.05) is 0 Å². The van der Waals surface area contributed by atoms with Gasteiger partial charge in [-0.2, -0.15) is 11.3 Å². The Balaban J connectivity index is 2.90. The monoisotopic (exact) mass is 158 g/mol. The molecular weight excluding hydrogens is 151 g/mol. The largest absolute Gasteiger partial charge is 0.499 e. The van der Waals surface area contributed by atoms with Crippen molar-refractivity contribution in [3.63, 3.8) is 0 Å². The van der Waals surface area contributed by atoms with Gasteiger partial charge in [-0.25, -0.2) is 0 Å². The normalized spacial score (nSPS) is 9.90. The van der Waals surface area contributed by atoms with Crippen molar-refractivity contribution in [2.45, 2.75) is 6.61 Å². The molecule has 1 aromatic heterocycles. The summed E-state index contributed by atoms with van der Waals surface area (Å²) in [5.74, 6) is 0. The Morgan fingerprint density at radius 3 is 2.60 bits per heavy atom. The van der Waals surface area contributed by atoms with Gasteiger partial charge in [0.15, 0.2) is 0 Å². The first-order valence-electron chi connectivity index (χ1n) is 2.79. The van der Waals surface area contributed by atoms with Crippen LogP contribution in [0.25, 0.3) is 0 Å². The summed E-state index contributed by atoms with van der Waals surface area (Å²) in [6.45, 7) is -0.142. The smallest absolute Gasteiger partial charge is 0.423 e. The molecule has 0 atom stereocenters. The minimum atomic E-state index is -1.46. The molecule has 3 N–H and O–H groups in total. The van der Waals surface area contributed by atoms with Gasteiger partial charge >= 0.3 is 7.12 Å². The molecule has 0 aliphatic carbocycles. The molecule has 0 radical (unpaired) electrons. The molecule has 0 aliphatic rings. The maximum Gasteiger partial charge on any atom is 0.499 e. The van der Waals surface area contributed by atoms with Crippen molar-refractivity contribution in [3.8, 4) is 0 Å². The molecule has 0 saturated carbocycles. The second kappa shape index (κ2) is 3.16. The first-order chi connectivity index (χ1) is 4.75. The summed E-state index contributed by atoms with van der Waals surface area (Å²) in [5, 5.41) is 27.7. The molecule has 0 aromatic carbocycles. The van der Waals surface area contributed by atoms with Crippen LogP contribution in [0.2, 0.25) is 0 Å². The third-order valence-electron chi connectivity index (χ3n) is 1.19. The zero-order valence-corrected chi connectivity index (χ0v) is 6.01. The van der Waals surface area contributed by atoms with Crippen LogP contribution in [0.4, 0.5) is 0 Å². The molecule has 0 aliphatic heterocycles. The molecule has 54 valence electrons. The summed E-state index contributed by atoms with van der Waals surface area (Å²) in [7, 11) is -1.46. The van der Waals surface area contributed by atoms with Crippen LogP contribution >= 0.6 is 11.3 Å². The van der Waals surface area contributed by atoms with E-state index in [9.17, 15) is 0 Å². The number of rotatable bonds is 2. The fourth-order valence-electron chi connectivity index (χ4n) is 0.705. The van der Waals surface area contributed by atoms with Gasteiger partial charge in [0.2, 0.25) is 0 Å². The molecule has 0 saturated heterocycles. The topological polar surface area (TPSA) is 60.7 Å². The first-order valence-corrected chi connectivity index (χ1v) is 3.67. The summed E-state index contributed by atoms with van der Waals surface area (Å²) in [5.41, 5.74) is 0.583. The third-order valence-corrected chi connectivity index (χ3v) is 2.18. The fourth-order valence-corrected chi connectivity index (χ4v) is 1.49. The minimum Gasteiger partial charge on any atom is -0.423 e. The lowest BCUT2D eigenvalue weighted by Gasteiger charge is -1.96. The van der Waals surface area contributed by atoms with Crippen LogP contribution in [-0.2, 0) is 6.61 Å². The van der Waals surface area contributed by atoms with E-state index in [1.807, 2.05) is 0 Å². The lowest BCUT2D eigenvalue weighted by atomic mass is 9.86. The highest BCUT2D eigenvalue weighted by Gasteiger charge is 2.16. The van der Waals surface area contributed by atoms with Crippen LogP contribution in [0.1, 0.15) is 5.56 Å². The van der Waals surface area contributed by atoms with Crippen LogP contribution in [-0.4, -0.2) is 22.3 Å². The van der Waals surface area contributed by atoms with Crippen LogP contribution in [0, 0.1) is 0 Å². The van der Waals surface area contributed by atoms with Crippen LogP contribution < -0.4 is 4.78 Å². The summed E-state index contributed by atoms with van der Waals surface area (Å²) in [4.78, 5) is 0. The van der Waals surface area contributed by atoms with E-state index in [1.54, 1.807) is 11.4 Å². The van der Waals surface area contributed by atoms with Crippen molar-refractivity contribution in [3.05, 3.63) is 17.0 Å². The average molecular weight is 158 g/mol. The van der Waals surface area contributed by atoms with Gasteiger partial charge in [0, 0.05) is 4.78 Å². The van der Waals surface area contributed by atoms with Gasteiger partial charge in [-0.1, -0.05) is 0 Å². The predicted octanol–water partition coefficient (Wildman–Crippen LogP) is -1.08. The molecule has 0 bridgehead atoms.